The molecular weight excluding hydrogens is 252 g/mol. The van der Waals surface area contributed by atoms with Crippen molar-refractivity contribution in [2.24, 2.45) is 0 Å². The maximum atomic E-state index is 11.8. The first kappa shape index (κ1) is 15.0. The molecule has 1 heterocycles. The zero-order chi connectivity index (χ0) is 14.2. The van der Waals surface area contributed by atoms with Crippen LogP contribution < -0.4 is 10.6 Å². The van der Waals surface area contributed by atoms with Crippen molar-refractivity contribution < 1.29 is 9.53 Å². The van der Waals surface area contributed by atoms with Crippen molar-refractivity contribution in [3.8, 4) is 0 Å². The van der Waals surface area contributed by atoms with Gasteiger partial charge in [-0.15, -0.1) is 0 Å². The summed E-state index contributed by atoms with van der Waals surface area (Å²) in [5.41, 5.74) is 2.61. The lowest BCUT2D eigenvalue weighted by Gasteiger charge is -2.23. The van der Waals surface area contributed by atoms with E-state index in [1.807, 2.05) is 6.07 Å². The fraction of sp³-hybridized carbons (Fsp3) is 0.562. The molecule has 0 spiro atoms. The van der Waals surface area contributed by atoms with Crippen molar-refractivity contribution >= 4 is 5.91 Å². The Morgan fingerprint density at radius 3 is 2.65 bits per heavy atom. The number of nitrogens with one attached hydrogen (secondary N) is 2. The standard InChI is InChI=1S/C16H24N2O2/c1-2-13-5-3-4-6-14(13)11-17-12-16(19)18-15-7-9-20-10-8-15/h3-6,15,17H,2,7-12H2,1H3,(H,18,19). The lowest BCUT2D eigenvalue weighted by molar-refractivity contribution is -0.121. The Labute approximate surface area is 120 Å². The highest BCUT2D eigenvalue weighted by Crippen LogP contribution is 2.09. The van der Waals surface area contributed by atoms with E-state index in [1.165, 1.54) is 11.1 Å². The first-order valence-electron chi connectivity index (χ1n) is 7.44. The Balaban J connectivity index is 1.70. The zero-order valence-corrected chi connectivity index (χ0v) is 12.2. The third-order valence-electron chi connectivity index (χ3n) is 3.69. The second-order valence-corrected chi connectivity index (χ2v) is 5.18. The molecule has 0 aromatic heterocycles. The van der Waals surface area contributed by atoms with Crippen LogP contribution in [0.1, 0.15) is 30.9 Å². The first-order chi connectivity index (χ1) is 9.79. The van der Waals surface area contributed by atoms with Gasteiger partial charge in [0.05, 0.1) is 6.54 Å². The van der Waals surface area contributed by atoms with Crippen LogP contribution in [0.15, 0.2) is 24.3 Å². The number of carbonyl (C=O) groups is 1. The minimum absolute atomic E-state index is 0.0749. The highest BCUT2D eigenvalue weighted by molar-refractivity contribution is 5.78. The van der Waals surface area contributed by atoms with Gasteiger partial charge in [0.25, 0.3) is 0 Å². The molecule has 0 aliphatic carbocycles. The first-order valence-corrected chi connectivity index (χ1v) is 7.44. The summed E-state index contributed by atoms with van der Waals surface area (Å²) in [4.78, 5) is 11.8. The molecule has 0 radical (unpaired) electrons. The van der Waals surface area contributed by atoms with Gasteiger partial charge < -0.3 is 15.4 Å². The Kier molecular flexibility index (Phi) is 6.02. The van der Waals surface area contributed by atoms with Gasteiger partial charge in [0.1, 0.15) is 0 Å². The molecule has 4 heteroatoms. The van der Waals surface area contributed by atoms with Crippen molar-refractivity contribution in [1.29, 1.82) is 0 Å². The smallest absolute Gasteiger partial charge is 0.234 e. The van der Waals surface area contributed by atoms with E-state index < -0.39 is 0 Å². The summed E-state index contributed by atoms with van der Waals surface area (Å²) < 4.78 is 5.28. The predicted octanol–water partition coefficient (Wildman–Crippen LogP) is 1.63. The number of aryl methyl sites for hydroxylation is 1. The Bertz CT molecular complexity index is 428. The summed E-state index contributed by atoms with van der Waals surface area (Å²) in [6.07, 6.45) is 2.86. The molecule has 1 aliphatic rings. The van der Waals surface area contributed by atoms with Crippen LogP contribution in [-0.2, 0) is 22.5 Å². The average molecular weight is 276 g/mol. The minimum atomic E-state index is 0.0749. The largest absolute Gasteiger partial charge is 0.381 e. The van der Waals surface area contributed by atoms with Gasteiger partial charge in [-0.1, -0.05) is 31.2 Å². The van der Waals surface area contributed by atoms with Crippen LogP contribution in [-0.4, -0.2) is 31.7 Å². The van der Waals surface area contributed by atoms with E-state index in [0.717, 1.165) is 39.0 Å². The molecule has 1 aromatic rings. The van der Waals surface area contributed by atoms with Crippen molar-refractivity contribution in [3.05, 3.63) is 35.4 Å². The summed E-state index contributed by atoms with van der Waals surface area (Å²) in [6, 6.07) is 8.63. The number of ether oxygens (including phenoxy) is 1. The Hall–Kier alpha value is -1.39. The minimum Gasteiger partial charge on any atom is -0.381 e. The monoisotopic (exact) mass is 276 g/mol. The van der Waals surface area contributed by atoms with Crippen molar-refractivity contribution in [2.45, 2.75) is 38.8 Å². The normalized spacial score (nSPS) is 16.1. The predicted molar refractivity (Wildman–Crippen MR) is 79.5 cm³/mol. The molecule has 2 N–H and O–H groups in total. The van der Waals surface area contributed by atoms with Gasteiger partial charge >= 0.3 is 0 Å². The van der Waals surface area contributed by atoms with Gasteiger partial charge in [0, 0.05) is 25.8 Å². The average Bonchev–Trinajstić information content (AvgIpc) is 2.49. The maximum Gasteiger partial charge on any atom is 0.234 e. The van der Waals surface area contributed by atoms with Crippen LogP contribution in [0.4, 0.5) is 0 Å². The molecule has 0 bridgehead atoms. The van der Waals surface area contributed by atoms with Gasteiger partial charge in [-0.2, -0.15) is 0 Å². The molecule has 1 amide bonds. The number of rotatable bonds is 6. The molecule has 0 atom stereocenters. The molecule has 0 unspecified atom stereocenters. The number of hydrogen-bond acceptors (Lipinski definition) is 3. The maximum absolute atomic E-state index is 11.8. The second kappa shape index (κ2) is 8.02. The quantitative estimate of drug-likeness (QED) is 0.830. The number of benzene rings is 1. The van der Waals surface area contributed by atoms with Crippen molar-refractivity contribution in [3.63, 3.8) is 0 Å². The van der Waals surface area contributed by atoms with Crippen molar-refractivity contribution in [1.82, 2.24) is 10.6 Å². The Morgan fingerprint density at radius 1 is 1.25 bits per heavy atom. The highest BCUT2D eigenvalue weighted by Gasteiger charge is 2.15. The van der Waals surface area contributed by atoms with E-state index in [4.69, 9.17) is 4.74 Å². The molecule has 2 rings (SSSR count). The lowest BCUT2D eigenvalue weighted by atomic mass is 10.1. The van der Waals surface area contributed by atoms with Gasteiger partial charge in [-0.05, 0) is 30.4 Å². The topological polar surface area (TPSA) is 50.4 Å². The van der Waals surface area contributed by atoms with E-state index in [0.29, 0.717) is 6.54 Å². The van der Waals surface area contributed by atoms with Crippen LogP contribution in [0.2, 0.25) is 0 Å². The van der Waals surface area contributed by atoms with E-state index in [2.05, 4.69) is 35.8 Å². The van der Waals surface area contributed by atoms with Crippen LogP contribution in [0.25, 0.3) is 0 Å². The molecule has 20 heavy (non-hydrogen) atoms. The molecule has 0 saturated carbocycles. The number of hydrogen-bond donors (Lipinski definition) is 2. The molecule has 1 saturated heterocycles. The summed E-state index contributed by atoms with van der Waals surface area (Å²) in [5, 5.41) is 6.27. The number of amides is 1. The van der Waals surface area contributed by atoms with Gasteiger partial charge in [0.2, 0.25) is 5.91 Å². The van der Waals surface area contributed by atoms with Crippen LogP contribution >= 0.6 is 0 Å². The van der Waals surface area contributed by atoms with E-state index in [9.17, 15) is 4.79 Å². The van der Waals surface area contributed by atoms with Crippen LogP contribution in [0, 0.1) is 0 Å². The van der Waals surface area contributed by atoms with Crippen molar-refractivity contribution in [2.75, 3.05) is 19.8 Å². The lowest BCUT2D eigenvalue weighted by Crippen LogP contribution is -2.42. The van der Waals surface area contributed by atoms with E-state index in [1.54, 1.807) is 0 Å². The fourth-order valence-corrected chi connectivity index (χ4v) is 2.51. The van der Waals surface area contributed by atoms with Crippen LogP contribution in [0.3, 0.4) is 0 Å². The summed E-state index contributed by atoms with van der Waals surface area (Å²) >= 11 is 0. The SMILES string of the molecule is CCc1ccccc1CNCC(=O)NC1CCOCC1. The zero-order valence-electron chi connectivity index (χ0n) is 12.2. The molecule has 1 aromatic carbocycles. The second-order valence-electron chi connectivity index (χ2n) is 5.18. The highest BCUT2D eigenvalue weighted by atomic mass is 16.5. The molecule has 110 valence electrons. The van der Waals surface area contributed by atoms with Gasteiger partial charge in [-0.3, -0.25) is 4.79 Å². The molecule has 1 aliphatic heterocycles. The molecule has 1 fully saturated rings. The van der Waals surface area contributed by atoms with Gasteiger partial charge in [0.15, 0.2) is 0 Å². The summed E-state index contributed by atoms with van der Waals surface area (Å²) in [5.74, 6) is 0.0749. The van der Waals surface area contributed by atoms with E-state index in [-0.39, 0.29) is 11.9 Å². The third kappa shape index (κ3) is 4.62. The Morgan fingerprint density at radius 2 is 1.95 bits per heavy atom. The summed E-state index contributed by atoms with van der Waals surface area (Å²) in [6.45, 7) is 4.77. The van der Waals surface area contributed by atoms with E-state index >= 15 is 0 Å². The van der Waals surface area contributed by atoms with Gasteiger partial charge in [-0.25, -0.2) is 0 Å². The molecular formula is C16H24N2O2. The third-order valence-corrected chi connectivity index (χ3v) is 3.69. The molecule has 4 nitrogen and oxygen atoms in total. The fourth-order valence-electron chi connectivity index (χ4n) is 2.51. The van der Waals surface area contributed by atoms with Crippen LogP contribution in [0.5, 0.6) is 0 Å². The summed E-state index contributed by atoms with van der Waals surface area (Å²) in [7, 11) is 0. The number of carbonyl (C=O) groups excluding carboxylic acids is 1.